The van der Waals surface area contributed by atoms with Crippen LogP contribution in [-0.4, -0.2) is 10.5 Å². The summed E-state index contributed by atoms with van der Waals surface area (Å²) in [7, 11) is 0. The zero-order valence-electron chi connectivity index (χ0n) is 13.8. The maximum atomic E-state index is 13.9. The fraction of sp³-hybridized carbons (Fsp3) is 0.0455. The molecule has 3 aromatic carbocycles. The molecule has 0 saturated heterocycles. The van der Waals surface area contributed by atoms with Crippen molar-refractivity contribution in [3.05, 3.63) is 102 Å². The molecule has 1 aromatic heterocycles. The van der Waals surface area contributed by atoms with Crippen LogP contribution in [0.25, 0.3) is 10.9 Å². The van der Waals surface area contributed by atoms with Crippen molar-refractivity contribution in [3.63, 3.8) is 0 Å². The first-order chi connectivity index (χ1) is 12.7. The minimum atomic E-state index is -0.354. The van der Waals surface area contributed by atoms with E-state index in [-0.39, 0.29) is 17.8 Å². The minimum absolute atomic E-state index is 0.151. The number of fused-ring (bicyclic) bond motifs is 4. The summed E-state index contributed by atoms with van der Waals surface area (Å²) in [5, 5.41) is 4.35. The van der Waals surface area contributed by atoms with Crippen molar-refractivity contribution < 1.29 is 9.18 Å². The lowest BCUT2D eigenvalue weighted by Crippen LogP contribution is -2.16. The van der Waals surface area contributed by atoms with Gasteiger partial charge in [0, 0.05) is 11.1 Å². The van der Waals surface area contributed by atoms with Gasteiger partial charge in [0.05, 0.1) is 22.8 Å². The fourth-order valence-corrected chi connectivity index (χ4v) is 3.68. The largest absolute Gasteiger partial charge is 0.372 e. The summed E-state index contributed by atoms with van der Waals surface area (Å²) >= 11 is 0. The van der Waals surface area contributed by atoms with E-state index in [1.54, 1.807) is 16.7 Å². The lowest BCUT2D eigenvalue weighted by molar-refractivity contribution is 0.0964. The number of carbonyl (C=O) groups is 1. The zero-order chi connectivity index (χ0) is 17.7. The molecular formula is C22H15FN2O. The van der Waals surface area contributed by atoms with E-state index >= 15 is 0 Å². The Bertz CT molecular complexity index is 1150. The number of hydrogen-bond acceptors (Lipinski definition) is 2. The van der Waals surface area contributed by atoms with Gasteiger partial charge < -0.3 is 5.32 Å². The van der Waals surface area contributed by atoms with E-state index in [9.17, 15) is 9.18 Å². The van der Waals surface area contributed by atoms with Crippen LogP contribution in [0, 0.1) is 5.82 Å². The topological polar surface area (TPSA) is 34.0 Å². The number of nitrogens with zero attached hydrogens (tertiary/aromatic N) is 1. The first-order valence-corrected chi connectivity index (χ1v) is 8.48. The fourth-order valence-electron chi connectivity index (χ4n) is 3.68. The van der Waals surface area contributed by atoms with Gasteiger partial charge in [-0.05, 0) is 42.0 Å². The Morgan fingerprint density at radius 3 is 2.50 bits per heavy atom. The molecule has 0 radical (unpaired) electrons. The third-order valence-electron chi connectivity index (χ3n) is 4.88. The third kappa shape index (κ3) is 2.15. The highest BCUT2D eigenvalue weighted by Crippen LogP contribution is 2.36. The predicted molar refractivity (Wildman–Crippen MR) is 100.0 cm³/mol. The number of halogens is 1. The number of nitrogens with one attached hydrogen (secondary N) is 1. The quantitative estimate of drug-likeness (QED) is 0.529. The normalized spacial score (nSPS) is 15.9. The second kappa shape index (κ2) is 5.56. The molecule has 26 heavy (non-hydrogen) atoms. The van der Waals surface area contributed by atoms with Gasteiger partial charge in [-0.25, -0.2) is 4.39 Å². The Balaban J connectivity index is 1.85. The Labute approximate surface area is 149 Å². The van der Waals surface area contributed by atoms with Gasteiger partial charge in [-0.15, -0.1) is 0 Å². The van der Waals surface area contributed by atoms with Gasteiger partial charge in [0.2, 0.25) is 0 Å². The highest BCUT2D eigenvalue weighted by Gasteiger charge is 2.29. The third-order valence-corrected chi connectivity index (χ3v) is 4.88. The van der Waals surface area contributed by atoms with Crippen LogP contribution >= 0.6 is 0 Å². The van der Waals surface area contributed by atoms with E-state index in [1.807, 2.05) is 54.6 Å². The van der Waals surface area contributed by atoms with Gasteiger partial charge in [0.1, 0.15) is 5.82 Å². The summed E-state index contributed by atoms with van der Waals surface area (Å²) in [6.45, 7) is 0. The average Bonchev–Trinajstić information content (AvgIpc) is 2.99. The molecule has 0 unspecified atom stereocenters. The SMILES string of the molecule is O=C1c2ccccc2N[C@H](c2ccccc2)c2cc3ccc(F)cc3n21. The molecule has 1 aliphatic heterocycles. The molecule has 3 nitrogen and oxygen atoms in total. The molecule has 0 amide bonds. The highest BCUT2D eigenvalue weighted by atomic mass is 19.1. The molecule has 0 spiro atoms. The molecule has 1 N–H and O–H groups in total. The van der Waals surface area contributed by atoms with E-state index in [0.29, 0.717) is 11.1 Å². The van der Waals surface area contributed by atoms with Crippen LogP contribution in [0.4, 0.5) is 10.1 Å². The Hall–Kier alpha value is -3.40. The molecule has 1 atom stereocenters. The number of aromatic nitrogens is 1. The van der Waals surface area contributed by atoms with Crippen molar-refractivity contribution in [1.29, 1.82) is 0 Å². The lowest BCUT2D eigenvalue weighted by atomic mass is 10.0. The predicted octanol–water partition coefficient (Wildman–Crippen LogP) is 4.98. The Kier molecular flexibility index (Phi) is 3.19. The monoisotopic (exact) mass is 342 g/mol. The summed E-state index contributed by atoms with van der Waals surface area (Å²) < 4.78 is 15.5. The lowest BCUT2D eigenvalue weighted by Gasteiger charge is -2.19. The summed E-state index contributed by atoms with van der Waals surface area (Å²) in [4.78, 5) is 13.3. The molecular weight excluding hydrogens is 327 g/mol. The van der Waals surface area contributed by atoms with Gasteiger partial charge in [0.25, 0.3) is 5.91 Å². The molecule has 0 saturated carbocycles. The first-order valence-electron chi connectivity index (χ1n) is 8.48. The van der Waals surface area contributed by atoms with Crippen LogP contribution < -0.4 is 5.32 Å². The molecule has 1 aliphatic rings. The van der Waals surface area contributed by atoms with Crippen LogP contribution in [-0.2, 0) is 0 Å². The van der Waals surface area contributed by atoms with Gasteiger partial charge in [0.15, 0.2) is 0 Å². The van der Waals surface area contributed by atoms with E-state index in [0.717, 1.165) is 22.3 Å². The van der Waals surface area contributed by atoms with Gasteiger partial charge >= 0.3 is 0 Å². The van der Waals surface area contributed by atoms with Crippen LogP contribution in [0.1, 0.15) is 27.7 Å². The smallest absolute Gasteiger partial charge is 0.264 e. The Morgan fingerprint density at radius 2 is 1.65 bits per heavy atom. The highest BCUT2D eigenvalue weighted by molar-refractivity contribution is 6.07. The first kappa shape index (κ1) is 14.9. The molecule has 0 aliphatic carbocycles. The van der Waals surface area contributed by atoms with Crippen molar-refractivity contribution in [2.75, 3.05) is 5.32 Å². The van der Waals surface area contributed by atoms with Crippen molar-refractivity contribution in [2.45, 2.75) is 6.04 Å². The maximum Gasteiger partial charge on any atom is 0.264 e. The van der Waals surface area contributed by atoms with Gasteiger partial charge in [-0.1, -0.05) is 42.5 Å². The molecule has 126 valence electrons. The summed E-state index contributed by atoms with van der Waals surface area (Å²) in [5.41, 5.74) is 3.79. The number of hydrogen-bond donors (Lipinski definition) is 1. The van der Waals surface area contributed by atoms with Crippen LogP contribution in [0.2, 0.25) is 0 Å². The van der Waals surface area contributed by atoms with E-state index in [4.69, 9.17) is 0 Å². The summed E-state index contributed by atoms with van der Waals surface area (Å²) in [6, 6.07) is 23.7. The van der Waals surface area contributed by atoms with Crippen molar-refractivity contribution in [3.8, 4) is 0 Å². The molecule has 4 aromatic rings. The standard InChI is InChI=1S/C22H15FN2O/c23-16-11-10-15-12-20-21(14-6-2-1-3-7-14)24-18-9-5-4-8-17(18)22(26)25(20)19(15)13-16/h1-13,21,24H/t21-/m1/s1. The van der Waals surface area contributed by atoms with Crippen molar-refractivity contribution in [1.82, 2.24) is 4.57 Å². The average molecular weight is 342 g/mol. The molecule has 2 heterocycles. The summed E-state index contributed by atoms with van der Waals surface area (Å²) in [5.74, 6) is -0.505. The summed E-state index contributed by atoms with van der Waals surface area (Å²) in [6.07, 6.45) is 0. The van der Waals surface area contributed by atoms with Crippen LogP contribution in [0.5, 0.6) is 0 Å². The maximum absolute atomic E-state index is 13.9. The van der Waals surface area contributed by atoms with E-state index in [1.165, 1.54) is 12.1 Å². The zero-order valence-corrected chi connectivity index (χ0v) is 13.8. The molecule has 4 heteroatoms. The second-order valence-corrected chi connectivity index (χ2v) is 6.45. The van der Waals surface area contributed by atoms with Gasteiger partial charge in [-0.2, -0.15) is 0 Å². The number of carbonyl (C=O) groups excluding carboxylic acids is 1. The minimum Gasteiger partial charge on any atom is -0.372 e. The number of benzene rings is 3. The van der Waals surface area contributed by atoms with Crippen molar-refractivity contribution in [2.24, 2.45) is 0 Å². The Morgan fingerprint density at radius 1 is 0.885 bits per heavy atom. The van der Waals surface area contributed by atoms with Crippen molar-refractivity contribution >= 4 is 22.5 Å². The number of anilines is 1. The molecule has 0 fully saturated rings. The number of rotatable bonds is 1. The van der Waals surface area contributed by atoms with E-state index < -0.39 is 0 Å². The molecule has 5 rings (SSSR count). The second-order valence-electron chi connectivity index (χ2n) is 6.45. The molecule has 0 bridgehead atoms. The van der Waals surface area contributed by atoms with Crippen LogP contribution in [0.15, 0.2) is 78.9 Å². The van der Waals surface area contributed by atoms with Crippen LogP contribution in [0.3, 0.4) is 0 Å². The van der Waals surface area contributed by atoms with Gasteiger partial charge in [-0.3, -0.25) is 9.36 Å². The van der Waals surface area contributed by atoms with E-state index in [2.05, 4.69) is 5.32 Å². The number of para-hydroxylation sites is 1.